The summed E-state index contributed by atoms with van der Waals surface area (Å²) in [6.45, 7) is 3.16. The van der Waals surface area contributed by atoms with Gasteiger partial charge in [0.1, 0.15) is 0 Å². The Morgan fingerprint density at radius 3 is 2.43 bits per heavy atom. The molecule has 1 fully saturated rings. The Balaban J connectivity index is 2.31. The van der Waals surface area contributed by atoms with Gasteiger partial charge in [-0.05, 0) is 32.2 Å². The number of primary amides is 1. The van der Waals surface area contributed by atoms with E-state index in [1.165, 1.54) is 0 Å². The van der Waals surface area contributed by atoms with Gasteiger partial charge in [-0.1, -0.05) is 6.92 Å². The van der Waals surface area contributed by atoms with Crippen molar-refractivity contribution in [1.82, 2.24) is 10.2 Å². The maximum absolute atomic E-state index is 10.9. The van der Waals surface area contributed by atoms with Crippen LogP contribution in [0.4, 0.5) is 4.79 Å². The Morgan fingerprint density at radius 2 is 2.00 bits per heavy atom. The summed E-state index contributed by atoms with van der Waals surface area (Å²) in [4.78, 5) is 12.6. The zero-order valence-corrected chi connectivity index (χ0v) is 9.12. The van der Waals surface area contributed by atoms with Crippen LogP contribution in [0.25, 0.3) is 0 Å². The standard InChI is InChI=1S/C10H21N3O/c1-3-12-8-4-6-9(7-5-8)13(2)10(11)14/h8-9,12H,3-7H2,1-2H3,(H2,11,14). The number of urea groups is 1. The number of amides is 2. The van der Waals surface area contributed by atoms with Crippen LogP contribution in [0, 0.1) is 0 Å². The number of nitrogens with two attached hydrogens (primary N) is 1. The maximum atomic E-state index is 10.9. The number of nitrogens with one attached hydrogen (secondary N) is 1. The molecule has 0 aromatic heterocycles. The van der Waals surface area contributed by atoms with E-state index in [0.717, 1.165) is 32.2 Å². The number of rotatable bonds is 3. The van der Waals surface area contributed by atoms with Crippen molar-refractivity contribution in [2.75, 3.05) is 13.6 Å². The van der Waals surface area contributed by atoms with Crippen LogP contribution in [0.2, 0.25) is 0 Å². The summed E-state index contributed by atoms with van der Waals surface area (Å²) in [7, 11) is 1.79. The molecule has 0 aromatic carbocycles. The van der Waals surface area contributed by atoms with Crippen LogP contribution < -0.4 is 11.1 Å². The Bertz CT molecular complexity index is 188. The van der Waals surface area contributed by atoms with E-state index in [1.54, 1.807) is 11.9 Å². The van der Waals surface area contributed by atoms with Gasteiger partial charge in [0.05, 0.1) is 0 Å². The Kier molecular flexibility index (Phi) is 4.20. The van der Waals surface area contributed by atoms with Crippen molar-refractivity contribution in [2.45, 2.75) is 44.7 Å². The average molecular weight is 199 g/mol. The molecule has 0 aliphatic heterocycles. The topological polar surface area (TPSA) is 58.4 Å². The molecule has 1 saturated carbocycles. The lowest BCUT2D eigenvalue weighted by molar-refractivity contribution is 0.174. The fraction of sp³-hybridized carbons (Fsp3) is 0.900. The smallest absolute Gasteiger partial charge is 0.314 e. The minimum atomic E-state index is -0.308. The lowest BCUT2D eigenvalue weighted by atomic mass is 9.90. The predicted molar refractivity (Wildman–Crippen MR) is 57.1 cm³/mol. The molecule has 2 amide bonds. The van der Waals surface area contributed by atoms with Crippen LogP contribution in [-0.4, -0.2) is 36.6 Å². The highest BCUT2D eigenvalue weighted by Crippen LogP contribution is 2.21. The molecule has 1 rings (SSSR count). The number of nitrogens with zero attached hydrogens (tertiary/aromatic N) is 1. The third-order valence-corrected chi connectivity index (χ3v) is 3.08. The molecule has 0 bridgehead atoms. The van der Waals surface area contributed by atoms with Crippen LogP contribution in [0.15, 0.2) is 0 Å². The fourth-order valence-corrected chi connectivity index (χ4v) is 2.14. The van der Waals surface area contributed by atoms with Gasteiger partial charge in [-0.3, -0.25) is 0 Å². The molecule has 4 heteroatoms. The van der Waals surface area contributed by atoms with Crippen molar-refractivity contribution in [3.63, 3.8) is 0 Å². The molecule has 0 spiro atoms. The van der Waals surface area contributed by atoms with E-state index in [1.807, 2.05) is 0 Å². The van der Waals surface area contributed by atoms with E-state index < -0.39 is 0 Å². The number of hydrogen-bond donors (Lipinski definition) is 2. The van der Waals surface area contributed by atoms with E-state index in [4.69, 9.17) is 5.73 Å². The van der Waals surface area contributed by atoms with Crippen LogP contribution in [0.3, 0.4) is 0 Å². The first-order valence-corrected chi connectivity index (χ1v) is 5.40. The molecular weight excluding hydrogens is 178 g/mol. The monoisotopic (exact) mass is 199 g/mol. The first kappa shape index (κ1) is 11.3. The molecular formula is C10H21N3O. The largest absolute Gasteiger partial charge is 0.351 e. The van der Waals surface area contributed by atoms with Gasteiger partial charge in [0.2, 0.25) is 0 Å². The number of carbonyl (C=O) groups excluding carboxylic acids is 1. The van der Waals surface area contributed by atoms with Crippen LogP contribution in [-0.2, 0) is 0 Å². The molecule has 82 valence electrons. The van der Waals surface area contributed by atoms with Crippen molar-refractivity contribution < 1.29 is 4.79 Å². The summed E-state index contributed by atoms with van der Waals surface area (Å²) < 4.78 is 0. The Labute approximate surface area is 85.8 Å². The third kappa shape index (κ3) is 2.87. The highest BCUT2D eigenvalue weighted by molar-refractivity contribution is 5.72. The molecule has 0 atom stereocenters. The summed E-state index contributed by atoms with van der Waals surface area (Å²) in [5.41, 5.74) is 5.23. The fourth-order valence-electron chi connectivity index (χ4n) is 2.14. The van der Waals surface area contributed by atoms with Crippen LogP contribution in [0.1, 0.15) is 32.6 Å². The van der Waals surface area contributed by atoms with Crippen LogP contribution >= 0.6 is 0 Å². The molecule has 0 aromatic rings. The summed E-state index contributed by atoms with van der Waals surface area (Å²) in [5, 5.41) is 3.44. The third-order valence-electron chi connectivity index (χ3n) is 3.08. The minimum Gasteiger partial charge on any atom is -0.351 e. The van der Waals surface area contributed by atoms with Gasteiger partial charge in [0.15, 0.2) is 0 Å². The zero-order chi connectivity index (χ0) is 10.6. The molecule has 1 aliphatic rings. The quantitative estimate of drug-likeness (QED) is 0.710. The molecule has 0 radical (unpaired) electrons. The van der Waals surface area contributed by atoms with E-state index >= 15 is 0 Å². The van der Waals surface area contributed by atoms with Gasteiger partial charge >= 0.3 is 6.03 Å². The average Bonchev–Trinajstić information content (AvgIpc) is 2.18. The second kappa shape index (κ2) is 5.20. The van der Waals surface area contributed by atoms with Gasteiger partial charge in [-0.2, -0.15) is 0 Å². The first-order chi connectivity index (χ1) is 6.65. The second-order valence-electron chi connectivity index (χ2n) is 4.01. The van der Waals surface area contributed by atoms with Gasteiger partial charge < -0.3 is 16.0 Å². The van der Waals surface area contributed by atoms with Crippen molar-refractivity contribution >= 4 is 6.03 Å². The van der Waals surface area contributed by atoms with E-state index in [9.17, 15) is 4.79 Å². The van der Waals surface area contributed by atoms with Gasteiger partial charge in [-0.25, -0.2) is 4.79 Å². The predicted octanol–water partition coefficient (Wildman–Crippen LogP) is 0.918. The molecule has 14 heavy (non-hydrogen) atoms. The van der Waals surface area contributed by atoms with E-state index in [0.29, 0.717) is 12.1 Å². The maximum Gasteiger partial charge on any atom is 0.314 e. The summed E-state index contributed by atoms with van der Waals surface area (Å²) in [5.74, 6) is 0. The molecule has 0 unspecified atom stereocenters. The normalized spacial score (nSPS) is 27.3. The molecule has 3 N–H and O–H groups in total. The SMILES string of the molecule is CCNC1CCC(N(C)C(N)=O)CC1. The highest BCUT2D eigenvalue weighted by Gasteiger charge is 2.24. The Hall–Kier alpha value is -0.770. The molecule has 0 saturated heterocycles. The van der Waals surface area contributed by atoms with Gasteiger partial charge in [0.25, 0.3) is 0 Å². The summed E-state index contributed by atoms with van der Waals surface area (Å²) in [6, 6.07) is 0.678. The number of carbonyl (C=O) groups is 1. The lowest BCUT2D eigenvalue weighted by Crippen LogP contribution is -2.45. The van der Waals surface area contributed by atoms with Crippen molar-refractivity contribution in [2.24, 2.45) is 5.73 Å². The summed E-state index contributed by atoms with van der Waals surface area (Å²) in [6.07, 6.45) is 4.43. The summed E-state index contributed by atoms with van der Waals surface area (Å²) >= 11 is 0. The highest BCUT2D eigenvalue weighted by atomic mass is 16.2. The van der Waals surface area contributed by atoms with Crippen molar-refractivity contribution in [1.29, 1.82) is 0 Å². The first-order valence-electron chi connectivity index (χ1n) is 5.40. The molecule has 1 aliphatic carbocycles. The molecule has 4 nitrogen and oxygen atoms in total. The second-order valence-corrected chi connectivity index (χ2v) is 4.01. The Morgan fingerprint density at radius 1 is 1.43 bits per heavy atom. The van der Waals surface area contributed by atoms with Crippen molar-refractivity contribution in [3.8, 4) is 0 Å². The van der Waals surface area contributed by atoms with Gasteiger partial charge in [-0.15, -0.1) is 0 Å². The van der Waals surface area contributed by atoms with E-state index in [-0.39, 0.29) is 6.03 Å². The number of hydrogen-bond acceptors (Lipinski definition) is 2. The van der Waals surface area contributed by atoms with Crippen molar-refractivity contribution in [3.05, 3.63) is 0 Å². The van der Waals surface area contributed by atoms with E-state index in [2.05, 4.69) is 12.2 Å². The van der Waals surface area contributed by atoms with Crippen LogP contribution in [0.5, 0.6) is 0 Å². The minimum absolute atomic E-state index is 0.308. The lowest BCUT2D eigenvalue weighted by Gasteiger charge is -2.34. The molecule has 0 heterocycles. The zero-order valence-electron chi connectivity index (χ0n) is 9.12. The van der Waals surface area contributed by atoms with Gasteiger partial charge in [0, 0.05) is 19.1 Å².